The molecule has 2 saturated carbocycles. The summed E-state index contributed by atoms with van der Waals surface area (Å²) in [6.45, 7) is 4.90. The second kappa shape index (κ2) is 5.79. The lowest BCUT2D eigenvalue weighted by Gasteiger charge is -2.25. The molecule has 3 rings (SSSR count). The summed E-state index contributed by atoms with van der Waals surface area (Å²) in [5, 5.41) is 0. The first-order chi connectivity index (χ1) is 10.9. The fourth-order valence-corrected chi connectivity index (χ4v) is 4.03. The van der Waals surface area contributed by atoms with Crippen molar-refractivity contribution in [1.82, 2.24) is 0 Å². The minimum Gasteiger partial charge on any atom is -0.462 e. The molecule has 0 spiro atoms. The van der Waals surface area contributed by atoms with Crippen molar-refractivity contribution in [2.24, 2.45) is 29.6 Å². The van der Waals surface area contributed by atoms with Gasteiger partial charge in [0.25, 0.3) is 0 Å². The summed E-state index contributed by atoms with van der Waals surface area (Å²) in [5.74, 6) is -3.35. The van der Waals surface area contributed by atoms with Crippen molar-refractivity contribution < 1.29 is 33.4 Å². The fourth-order valence-electron chi connectivity index (χ4n) is 4.03. The van der Waals surface area contributed by atoms with Gasteiger partial charge in [-0.1, -0.05) is 6.58 Å². The lowest BCUT2D eigenvalue weighted by atomic mass is 9.75. The fraction of sp³-hybridized carbons (Fsp3) is 0.625. The highest BCUT2D eigenvalue weighted by atomic mass is 16.6. The minimum atomic E-state index is -0.531. The summed E-state index contributed by atoms with van der Waals surface area (Å²) < 4.78 is 14.7. The molecule has 7 nitrogen and oxygen atoms in total. The van der Waals surface area contributed by atoms with Crippen molar-refractivity contribution in [1.29, 1.82) is 0 Å². The van der Waals surface area contributed by atoms with E-state index in [9.17, 15) is 19.2 Å². The molecule has 0 N–H and O–H groups in total. The molecule has 1 heterocycles. The van der Waals surface area contributed by atoms with Crippen LogP contribution in [0.2, 0.25) is 0 Å². The summed E-state index contributed by atoms with van der Waals surface area (Å²) in [4.78, 5) is 46.8. The number of cyclic esters (lactones) is 2. The van der Waals surface area contributed by atoms with Crippen molar-refractivity contribution in [2.45, 2.75) is 19.8 Å². The Kier molecular flexibility index (Phi) is 3.95. The smallest absolute Gasteiger partial charge is 0.333 e. The number of carbonyl (C=O) groups is 4. The molecule has 0 aromatic carbocycles. The van der Waals surface area contributed by atoms with Crippen LogP contribution < -0.4 is 0 Å². The monoisotopic (exact) mass is 322 g/mol. The molecule has 0 aromatic heterocycles. The molecule has 3 fully saturated rings. The van der Waals surface area contributed by atoms with Gasteiger partial charge in [-0.3, -0.25) is 14.4 Å². The van der Waals surface area contributed by atoms with Crippen molar-refractivity contribution in [3.05, 3.63) is 12.2 Å². The molecule has 124 valence electrons. The minimum absolute atomic E-state index is 0.0164. The van der Waals surface area contributed by atoms with Gasteiger partial charge >= 0.3 is 23.9 Å². The predicted molar refractivity (Wildman–Crippen MR) is 74.5 cm³/mol. The van der Waals surface area contributed by atoms with E-state index >= 15 is 0 Å². The van der Waals surface area contributed by atoms with Gasteiger partial charge in [-0.25, -0.2) is 4.79 Å². The van der Waals surface area contributed by atoms with Gasteiger partial charge in [0, 0.05) is 5.57 Å². The van der Waals surface area contributed by atoms with Gasteiger partial charge < -0.3 is 14.2 Å². The van der Waals surface area contributed by atoms with Crippen molar-refractivity contribution in [3.63, 3.8) is 0 Å². The number of rotatable bonds is 5. The molecule has 23 heavy (non-hydrogen) atoms. The summed E-state index contributed by atoms with van der Waals surface area (Å²) in [5.41, 5.74) is 0.278. The van der Waals surface area contributed by atoms with Crippen molar-refractivity contribution in [2.75, 3.05) is 13.2 Å². The number of ether oxygens (including phenoxy) is 3. The highest BCUT2D eigenvalue weighted by molar-refractivity contribution is 5.98. The molecular weight excluding hydrogens is 304 g/mol. The maximum Gasteiger partial charge on any atom is 0.333 e. The molecule has 2 aliphatic carbocycles. The Hall–Kier alpha value is -2.18. The van der Waals surface area contributed by atoms with Crippen molar-refractivity contribution >= 4 is 23.9 Å². The maximum absolute atomic E-state index is 12.2. The summed E-state index contributed by atoms with van der Waals surface area (Å²) in [6.07, 6.45) is 1.22. The Labute approximate surface area is 132 Å². The summed E-state index contributed by atoms with van der Waals surface area (Å²) >= 11 is 0. The van der Waals surface area contributed by atoms with Crippen LogP contribution >= 0.6 is 0 Å². The zero-order valence-corrected chi connectivity index (χ0v) is 12.8. The highest BCUT2D eigenvalue weighted by Gasteiger charge is 2.64. The Morgan fingerprint density at radius 1 is 1.13 bits per heavy atom. The van der Waals surface area contributed by atoms with Crippen LogP contribution in [-0.2, 0) is 33.4 Å². The lowest BCUT2D eigenvalue weighted by molar-refractivity contribution is -0.157. The largest absolute Gasteiger partial charge is 0.462 e. The highest BCUT2D eigenvalue weighted by Crippen LogP contribution is 2.58. The normalized spacial score (nSPS) is 34.0. The molecule has 2 bridgehead atoms. The first-order valence-electron chi connectivity index (χ1n) is 7.65. The van der Waals surface area contributed by atoms with Gasteiger partial charge in [0.1, 0.15) is 13.2 Å². The third kappa shape index (κ3) is 2.64. The van der Waals surface area contributed by atoms with Crippen LogP contribution in [0.3, 0.4) is 0 Å². The molecule has 7 heteroatoms. The summed E-state index contributed by atoms with van der Waals surface area (Å²) in [6, 6.07) is 0. The third-order valence-corrected chi connectivity index (χ3v) is 4.96. The molecule has 0 aromatic rings. The van der Waals surface area contributed by atoms with E-state index in [2.05, 4.69) is 11.3 Å². The number of hydrogen-bond acceptors (Lipinski definition) is 7. The molecule has 1 aliphatic heterocycles. The van der Waals surface area contributed by atoms with Gasteiger partial charge in [0.2, 0.25) is 0 Å². The number of fused-ring (bicyclic) bond motifs is 5. The zero-order valence-electron chi connectivity index (χ0n) is 12.8. The molecule has 5 unspecified atom stereocenters. The molecule has 3 aliphatic rings. The second-order valence-electron chi connectivity index (χ2n) is 6.38. The SMILES string of the molecule is C=C(C)C(=O)OCCOC(=O)C1CC2CC1C1C(=O)OC(=O)C21. The van der Waals surface area contributed by atoms with E-state index in [-0.39, 0.29) is 36.5 Å². The standard InChI is InChI=1S/C16H18O7/c1-7(2)13(17)21-3-4-22-14(18)10-6-8-5-9(10)12-11(8)15(19)23-16(12)20/h8-12H,1,3-6H2,2H3. The summed E-state index contributed by atoms with van der Waals surface area (Å²) in [7, 11) is 0. The van der Waals surface area contributed by atoms with Crippen LogP contribution in [0.25, 0.3) is 0 Å². The maximum atomic E-state index is 12.2. The van der Waals surface area contributed by atoms with Gasteiger partial charge in [-0.2, -0.15) is 0 Å². The van der Waals surface area contributed by atoms with Crippen LogP contribution in [0.5, 0.6) is 0 Å². The van der Waals surface area contributed by atoms with E-state index in [1.807, 2.05) is 0 Å². The second-order valence-corrected chi connectivity index (χ2v) is 6.38. The van der Waals surface area contributed by atoms with E-state index in [0.29, 0.717) is 12.8 Å². The van der Waals surface area contributed by atoms with Gasteiger partial charge in [-0.15, -0.1) is 0 Å². The number of hydrogen-bond donors (Lipinski definition) is 0. The van der Waals surface area contributed by atoms with E-state index in [1.54, 1.807) is 0 Å². The van der Waals surface area contributed by atoms with Gasteiger partial charge in [0.15, 0.2) is 0 Å². The molecule has 0 radical (unpaired) electrons. The average molecular weight is 322 g/mol. The van der Waals surface area contributed by atoms with Crippen LogP contribution in [0.15, 0.2) is 12.2 Å². The van der Waals surface area contributed by atoms with Crippen LogP contribution in [0, 0.1) is 29.6 Å². The topological polar surface area (TPSA) is 96.0 Å². The Morgan fingerprint density at radius 2 is 1.78 bits per heavy atom. The average Bonchev–Trinajstić information content (AvgIpc) is 3.15. The Morgan fingerprint density at radius 3 is 2.48 bits per heavy atom. The van der Waals surface area contributed by atoms with Crippen LogP contribution in [-0.4, -0.2) is 37.1 Å². The van der Waals surface area contributed by atoms with Gasteiger partial charge in [0.05, 0.1) is 17.8 Å². The van der Waals surface area contributed by atoms with Gasteiger partial charge in [-0.05, 0) is 31.6 Å². The number of carbonyl (C=O) groups excluding carboxylic acids is 4. The molecule has 1 saturated heterocycles. The van der Waals surface area contributed by atoms with Crippen molar-refractivity contribution in [3.8, 4) is 0 Å². The Balaban J connectivity index is 1.51. The van der Waals surface area contributed by atoms with E-state index in [1.165, 1.54) is 6.92 Å². The van der Waals surface area contributed by atoms with E-state index < -0.39 is 35.7 Å². The first-order valence-corrected chi connectivity index (χ1v) is 7.65. The number of esters is 4. The molecular formula is C16H18O7. The van der Waals surface area contributed by atoms with Crippen LogP contribution in [0.1, 0.15) is 19.8 Å². The van der Waals surface area contributed by atoms with E-state index in [4.69, 9.17) is 9.47 Å². The zero-order chi connectivity index (χ0) is 16.7. The predicted octanol–water partition coefficient (Wildman–Crippen LogP) is 0.621. The lowest BCUT2D eigenvalue weighted by Crippen LogP contribution is -2.35. The van der Waals surface area contributed by atoms with Crippen LogP contribution in [0.4, 0.5) is 0 Å². The molecule has 5 atom stereocenters. The van der Waals surface area contributed by atoms with E-state index in [0.717, 1.165) is 0 Å². The Bertz CT molecular complexity index is 593. The quantitative estimate of drug-likeness (QED) is 0.241. The first kappa shape index (κ1) is 15.7. The molecule has 0 amide bonds. The third-order valence-electron chi connectivity index (χ3n) is 4.96.